The van der Waals surface area contributed by atoms with Gasteiger partial charge in [-0.25, -0.2) is 17.9 Å². The smallest absolute Gasteiger partial charge is 0.317 e. The number of carbonyl (C=O) groups excluding carboxylic acids is 2. The molecular weight excluding hydrogens is 480 g/mol. The SMILES string of the molecule is CC(NS(=O)(=O)c1ccc2ccccc2c1)C(=O)C1(NC(=O)N(C)CC2CCCNC2C(=N)N)CC1. The van der Waals surface area contributed by atoms with E-state index in [0.717, 1.165) is 30.2 Å². The third kappa shape index (κ3) is 5.53. The van der Waals surface area contributed by atoms with Crippen molar-refractivity contribution in [1.29, 1.82) is 5.41 Å². The van der Waals surface area contributed by atoms with Crippen LogP contribution in [0, 0.1) is 11.3 Å². The fraction of sp³-hybridized carbons (Fsp3) is 0.480. The van der Waals surface area contributed by atoms with Crippen LogP contribution in [0.2, 0.25) is 0 Å². The second kappa shape index (κ2) is 10.2. The number of nitrogens with zero attached hydrogens (tertiary/aromatic N) is 1. The van der Waals surface area contributed by atoms with Crippen molar-refractivity contribution in [2.24, 2.45) is 11.7 Å². The van der Waals surface area contributed by atoms with Crippen molar-refractivity contribution in [3.05, 3.63) is 42.5 Å². The zero-order valence-corrected chi connectivity index (χ0v) is 21.4. The number of carbonyl (C=O) groups is 2. The van der Waals surface area contributed by atoms with Crippen LogP contribution in [0.25, 0.3) is 10.8 Å². The lowest BCUT2D eigenvalue weighted by Crippen LogP contribution is -2.56. The molecule has 3 atom stereocenters. The van der Waals surface area contributed by atoms with Gasteiger partial charge in [-0.3, -0.25) is 10.2 Å². The maximum absolute atomic E-state index is 13.2. The number of rotatable bonds is 9. The largest absolute Gasteiger partial charge is 0.386 e. The van der Waals surface area contributed by atoms with E-state index in [1.54, 1.807) is 19.2 Å². The van der Waals surface area contributed by atoms with E-state index in [4.69, 9.17) is 11.1 Å². The predicted octanol–water partition coefficient (Wildman–Crippen LogP) is 1.55. The van der Waals surface area contributed by atoms with Gasteiger partial charge in [-0.05, 0) is 68.0 Å². The van der Waals surface area contributed by atoms with Gasteiger partial charge in [-0.15, -0.1) is 0 Å². The standard InChI is InChI=1S/C25H34N6O4S/c1-16(30-36(34,35)20-10-9-17-6-3-4-7-18(17)14-20)22(32)25(11-12-25)29-24(33)31(2)15-19-8-5-13-28-21(19)23(26)27/h3-4,6-7,9-10,14,16,19,21,28,30H,5,8,11-13,15H2,1-2H3,(H3,26,27)(H,29,33). The lowest BCUT2D eigenvalue weighted by Gasteiger charge is -2.35. The Balaban J connectivity index is 1.38. The molecular formula is C25H34N6O4S. The molecule has 2 amide bonds. The van der Waals surface area contributed by atoms with E-state index in [1.165, 1.54) is 17.9 Å². The summed E-state index contributed by atoms with van der Waals surface area (Å²) in [4.78, 5) is 27.7. The number of benzene rings is 2. The highest BCUT2D eigenvalue weighted by Gasteiger charge is 2.53. The average Bonchev–Trinajstić information content (AvgIpc) is 3.63. The summed E-state index contributed by atoms with van der Waals surface area (Å²) >= 11 is 0. The third-order valence-corrected chi connectivity index (χ3v) is 8.64. The summed E-state index contributed by atoms with van der Waals surface area (Å²) in [5.74, 6) is -0.310. The predicted molar refractivity (Wildman–Crippen MR) is 138 cm³/mol. The fourth-order valence-electron chi connectivity index (χ4n) is 4.91. The topological polar surface area (TPSA) is 157 Å². The second-order valence-electron chi connectivity index (χ2n) is 9.90. The molecule has 10 nitrogen and oxygen atoms in total. The lowest BCUT2D eigenvalue weighted by molar-refractivity contribution is -0.123. The molecule has 3 unspecified atom stereocenters. The summed E-state index contributed by atoms with van der Waals surface area (Å²) in [5.41, 5.74) is 4.63. The quantitative estimate of drug-likeness (QED) is 0.252. The van der Waals surface area contributed by atoms with Gasteiger partial charge in [0.05, 0.1) is 17.0 Å². The molecule has 1 aliphatic carbocycles. The number of hydrogen-bond acceptors (Lipinski definition) is 6. The summed E-state index contributed by atoms with van der Waals surface area (Å²) in [6.45, 7) is 2.67. The second-order valence-corrected chi connectivity index (χ2v) is 11.6. The first-order valence-electron chi connectivity index (χ1n) is 12.2. The average molecular weight is 515 g/mol. The van der Waals surface area contributed by atoms with Gasteiger partial charge >= 0.3 is 6.03 Å². The molecule has 0 aromatic heterocycles. The third-order valence-electron chi connectivity index (χ3n) is 7.10. The first-order valence-corrected chi connectivity index (χ1v) is 13.7. The Hall–Kier alpha value is -3.02. The van der Waals surface area contributed by atoms with Crippen LogP contribution in [0.1, 0.15) is 32.6 Å². The van der Waals surface area contributed by atoms with Crippen LogP contribution in [-0.4, -0.2) is 68.7 Å². The summed E-state index contributed by atoms with van der Waals surface area (Å²) < 4.78 is 28.4. The van der Waals surface area contributed by atoms with E-state index in [9.17, 15) is 18.0 Å². The molecule has 2 aromatic rings. The Bertz CT molecular complexity index is 1280. The van der Waals surface area contributed by atoms with Crippen molar-refractivity contribution in [2.75, 3.05) is 20.1 Å². The van der Waals surface area contributed by atoms with Crippen LogP contribution < -0.4 is 21.1 Å². The Morgan fingerprint density at radius 2 is 1.92 bits per heavy atom. The zero-order valence-electron chi connectivity index (χ0n) is 20.6. The van der Waals surface area contributed by atoms with Gasteiger partial charge in [0, 0.05) is 13.6 Å². The number of nitrogens with one attached hydrogen (secondary N) is 4. The maximum atomic E-state index is 13.2. The zero-order chi connectivity index (χ0) is 26.1. The Labute approximate surface area is 211 Å². The summed E-state index contributed by atoms with van der Waals surface area (Å²) in [6, 6.07) is 10.6. The highest BCUT2D eigenvalue weighted by Crippen LogP contribution is 2.37. The molecule has 1 heterocycles. The molecule has 1 aliphatic heterocycles. The van der Waals surface area contributed by atoms with Gasteiger partial charge in [0.2, 0.25) is 10.0 Å². The van der Waals surface area contributed by atoms with Gasteiger partial charge in [0.1, 0.15) is 11.4 Å². The van der Waals surface area contributed by atoms with Crippen LogP contribution in [0.15, 0.2) is 47.4 Å². The van der Waals surface area contributed by atoms with Crippen molar-refractivity contribution in [3.8, 4) is 0 Å². The van der Waals surface area contributed by atoms with Gasteiger partial charge in [0.25, 0.3) is 0 Å². The van der Waals surface area contributed by atoms with E-state index in [-0.39, 0.29) is 28.5 Å². The highest BCUT2D eigenvalue weighted by molar-refractivity contribution is 7.89. The number of piperidine rings is 1. The van der Waals surface area contributed by atoms with Crippen LogP contribution in [-0.2, 0) is 14.8 Å². The van der Waals surface area contributed by atoms with Crippen molar-refractivity contribution in [2.45, 2.75) is 55.1 Å². The number of urea groups is 1. The molecule has 0 bridgehead atoms. The number of fused-ring (bicyclic) bond motifs is 1. The number of nitrogens with two attached hydrogens (primary N) is 1. The molecule has 1 saturated carbocycles. The molecule has 4 rings (SSSR count). The molecule has 2 aromatic carbocycles. The Morgan fingerprint density at radius 1 is 1.22 bits per heavy atom. The van der Waals surface area contributed by atoms with Crippen molar-refractivity contribution in [1.82, 2.24) is 20.3 Å². The van der Waals surface area contributed by atoms with E-state index in [2.05, 4.69) is 15.4 Å². The molecule has 0 spiro atoms. The van der Waals surface area contributed by atoms with E-state index >= 15 is 0 Å². The van der Waals surface area contributed by atoms with Gasteiger partial charge in [-0.2, -0.15) is 0 Å². The van der Waals surface area contributed by atoms with Crippen molar-refractivity contribution >= 4 is 38.4 Å². The van der Waals surface area contributed by atoms with Crippen LogP contribution >= 0.6 is 0 Å². The molecule has 0 radical (unpaired) electrons. The summed E-state index contributed by atoms with van der Waals surface area (Å²) in [5, 5.41) is 15.6. The van der Waals surface area contributed by atoms with Crippen LogP contribution in [0.3, 0.4) is 0 Å². The fourth-order valence-corrected chi connectivity index (χ4v) is 6.15. The molecule has 1 saturated heterocycles. The Morgan fingerprint density at radius 3 is 2.58 bits per heavy atom. The molecule has 194 valence electrons. The summed E-state index contributed by atoms with van der Waals surface area (Å²) in [7, 11) is -2.29. The highest BCUT2D eigenvalue weighted by atomic mass is 32.2. The lowest BCUT2D eigenvalue weighted by atomic mass is 9.89. The maximum Gasteiger partial charge on any atom is 0.317 e. The molecule has 36 heavy (non-hydrogen) atoms. The van der Waals surface area contributed by atoms with E-state index < -0.39 is 27.6 Å². The first kappa shape index (κ1) is 26.1. The van der Waals surface area contributed by atoms with Gasteiger partial charge in [0.15, 0.2) is 5.78 Å². The van der Waals surface area contributed by atoms with Crippen molar-refractivity contribution in [3.63, 3.8) is 0 Å². The van der Waals surface area contributed by atoms with Crippen LogP contribution in [0.5, 0.6) is 0 Å². The van der Waals surface area contributed by atoms with E-state index in [1.807, 2.05) is 24.3 Å². The number of sulfonamides is 1. The Kier molecular flexibility index (Phi) is 7.35. The minimum atomic E-state index is -3.94. The molecule has 2 aliphatic rings. The molecule has 11 heteroatoms. The number of amides is 2. The van der Waals surface area contributed by atoms with Gasteiger partial charge < -0.3 is 21.3 Å². The molecule has 2 fully saturated rings. The van der Waals surface area contributed by atoms with Crippen molar-refractivity contribution < 1.29 is 18.0 Å². The van der Waals surface area contributed by atoms with Crippen LogP contribution in [0.4, 0.5) is 4.79 Å². The number of ketones is 1. The number of Topliss-reactive ketones (excluding diaryl/α,β-unsaturated/α-hetero) is 1. The van der Waals surface area contributed by atoms with Gasteiger partial charge in [-0.1, -0.05) is 30.3 Å². The van der Waals surface area contributed by atoms with E-state index in [0.29, 0.717) is 19.4 Å². The normalized spacial score (nSPS) is 21.9. The minimum absolute atomic E-state index is 0.00513. The first-order chi connectivity index (χ1) is 17.0. The summed E-state index contributed by atoms with van der Waals surface area (Å²) in [6.07, 6.45) is 2.68. The molecule has 6 N–H and O–H groups in total. The number of amidine groups is 1. The monoisotopic (exact) mass is 514 g/mol. The number of hydrogen-bond donors (Lipinski definition) is 5. The minimum Gasteiger partial charge on any atom is -0.386 e.